The molecule has 1 N–H and O–H groups in total. The van der Waals surface area contributed by atoms with E-state index in [4.69, 9.17) is 0 Å². The molecule has 1 atom stereocenters. The molecule has 1 unspecified atom stereocenters. The molecule has 1 saturated carbocycles. The van der Waals surface area contributed by atoms with Crippen LogP contribution in [0.1, 0.15) is 62.8 Å². The molecule has 0 heterocycles. The van der Waals surface area contributed by atoms with E-state index in [0.29, 0.717) is 5.92 Å². The Hall–Kier alpha value is -1.31. The van der Waals surface area contributed by atoms with Gasteiger partial charge in [-0.1, -0.05) is 67.6 Å². The van der Waals surface area contributed by atoms with Gasteiger partial charge in [-0.2, -0.15) is 0 Å². The lowest BCUT2D eigenvalue weighted by molar-refractivity contribution is 0.314. The van der Waals surface area contributed by atoms with Gasteiger partial charge in [0.05, 0.1) is 5.71 Å². The van der Waals surface area contributed by atoms with Crippen molar-refractivity contribution in [2.24, 2.45) is 5.16 Å². The van der Waals surface area contributed by atoms with Gasteiger partial charge in [0.1, 0.15) is 0 Å². The van der Waals surface area contributed by atoms with Gasteiger partial charge < -0.3 is 5.21 Å². The second-order valence-corrected chi connectivity index (χ2v) is 5.21. The zero-order valence-electron chi connectivity index (χ0n) is 11.0. The second-order valence-electron chi connectivity index (χ2n) is 5.21. The summed E-state index contributed by atoms with van der Waals surface area (Å²) in [5, 5.41) is 12.9. The number of oxime groups is 1. The normalized spacial score (nSPS) is 24.9. The van der Waals surface area contributed by atoms with E-state index in [0.717, 1.165) is 25.0 Å². The van der Waals surface area contributed by atoms with Gasteiger partial charge in [-0.05, 0) is 24.8 Å². The predicted molar refractivity (Wildman–Crippen MR) is 75.3 cm³/mol. The van der Waals surface area contributed by atoms with E-state index in [1.165, 1.54) is 37.7 Å². The van der Waals surface area contributed by atoms with Crippen LogP contribution in [0.4, 0.5) is 0 Å². The molecule has 2 nitrogen and oxygen atoms in total. The van der Waals surface area contributed by atoms with E-state index in [1.807, 2.05) is 6.07 Å². The molecule has 1 aliphatic carbocycles. The van der Waals surface area contributed by atoms with Gasteiger partial charge in [-0.15, -0.1) is 0 Å². The van der Waals surface area contributed by atoms with E-state index >= 15 is 0 Å². The summed E-state index contributed by atoms with van der Waals surface area (Å²) >= 11 is 0. The average molecular weight is 245 g/mol. The SMILES string of the molecule is ON=C1CCCCCCCCC1c1ccccc1. The Balaban J connectivity index is 2.15. The van der Waals surface area contributed by atoms with Crippen molar-refractivity contribution in [3.63, 3.8) is 0 Å². The van der Waals surface area contributed by atoms with Crippen LogP contribution in [-0.4, -0.2) is 10.9 Å². The van der Waals surface area contributed by atoms with Gasteiger partial charge in [0.25, 0.3) is 0 Å². The molecule has 2 rings (SSSR count). The Morgan fingerprint density at radius 1 is 0.889 bits per heavy atom. The molecule has 1 aliphatic rings. The molecule has 98 valence electrons. The maximum atomic E-state index is 9.29. The Labute approximate surface area is 110 Å². The van der Waals surface area contributed by atoms with Crippen molar-refractivity contribution in [2.45, 2.75) is 57.3 Å². The van der Waals surface area contributed by atoms with Gasteiger partial charge in [-0.3, -0.25) is 0 Å². The number of hydrogen-bond donors (Lipinski definition) is 1. The lowest BCUT2D eigenvalue weighted by Crippen LogP contribution is -2.14. The topological polar surface area (TPSA) is 32.6 Å². The molecule has 1 aromatic carbocycles. The van der Waals surface area contributed by atoms with Gasteiger partial charge >= 0.3 is 0 Å². The van der Waals surface area contributed by atoms with Crippen LogP contribution in [0, 0.1) is 0 Å². The van der Waals surface area contributed by atoms with Crippen LogP contribution in [-0.2, 0) is 0 Å². The molecule has 2 heteroatoms. The van der Waals surface area contributed by atoms with Crippen molar-refractivity contribution in [3.05, 3.63) is 35.9 Å². The predicted octanol–water partition coefficient (Wildman–Crippen LogP) is 4.73. The third-order valence-corrected chi connectivity index (χ3v) is 3.91. The van der Waals surface area contributed by atoms with Crippen LogP contribution in [0.5, 0.6) is 0 Å². The smallest absolute Gasteiger partial charge is 0.0645 e. The summed E-state index contributed by atoms with van der Waals surface area (Å²) in [6, 6.07) is 10.5. The highest BCUT2D eigenvalue weighted by Gasteiger charge is 2.19. The molecule has 18 heavy (non-hydrogen) atoms. The standard InChI is InChI=1S/C16H23NO/c18-17-16-13-9-4-2-1-3-8-12-15(16)14-10-6-5-7-11-14/h5-7,10-11,15,18H,1-4,8-9,12-13H2. The monoisotopic (exact) mass is 245 g/mol. The number of nitrogens with zero attached hydrogens (tertiary/aromatic N) is 1. The highest BCUT2D eigenvalue weighted by Crippen LogP contribution is 2.28. The Bertz CT molecular complexity index is 372. The van der Waals surface area contributed by atoms with Crippen molar-refractivity contribution in [2.75, 3.05) is 0 Å². The van der Waals surface area contributed by atoms with Crippen LogP contribution in [0.25, 0.3) is 0 Å². The minimum absolute atomic E-state index is 0.314. The van der Waals surface area contributed by atoms with Crippen LogP contribution in [0.3, 0.4) is 0 Å². The van der Waals surface area contributed by atoms with Crippen molar-refractivity contribution in [1.29, 1.82) is 0 Å². The fraction of sp³-hybridized carbons (Fsp3) is 0.562. The first-order chi connectivity index (χ1) is 8.92. The summed E-state index contributed by atoms with van der Waals surface area (Å²) in [6.45, 7) is 0. The molecule has 0 radical (unpaired) electrons. The van der Waals surface area contributed by atoms with E-state index in [-0.39, 0.29) is 0 Å². The van der Waals surface area contributed by atoms with E-state index in [2.05, 4.69) is 29.4 Å². The largest absolute Gasteiger partial charge is 0.411 e. The van der Waals surface area contributed by atoms with Gasteiger partial charge in [0, 0.05) is 5.92 Å². The third-order valence-electron chi connectivity index (χ3n) is 3.91. The van der Waals surface area contributed by atoms with E-state index < -0.39 is 0 Å². The summed E-state index contributed by atoms with van der Waals surface area (Å²) in [7, 11) is 0. The zero-order valence-corrected chi connectivity index (χ0v) is 11.0. The first-order valence-electron chi connectivity index (χ1n) is 7.17. The lowest BCUT2D eigenvalue weighted by Gasteiger charge is -2.20. The molecular weight excluding hydrogens is 222 g/mol. The lowest BCUT2D eigenvalue weighted by atomic mass is 9.85. The molecule has 0 spiro atoms. The molecule has 1 fully saturated rings. The Morgan fingerprint density at radius 2 is 1.56 bits per heavy atom. The summed E-state index contributed by atoms with van der Waals surface area (Å²) in [5.74, 6) is 0.314. The summed E-state index contributed by atoms with van der Waals surface area (Å²) in [4.78, 5) is 0. The highest BCUT2D eigenvalue weighted by molar-refractivity contribution is 5.90. The minimum Gasteiger partial charge on any atom is -0.411 e. The molecule has 0 bridgehead atoms. The quantitative estimate of drug-likeness (QED) is 0.563. The molecule has 0 saturated heterocycles. The van der Waals surface area contributed by atoms with Gasteiger partial charge in [0.2, 0.25) is 0 Å². The maximum absolute atomic E-state index is 9.29. The second kappa shape index (κ2) is 7.20. The molecule has 1 aromatic rings. The molecule has 0 aliphatic heterocycles. The summed E-state index contributed by atoms with van der Waals surface area (Å²) < 4.78 is 0. The summed E-state index contributed by atoms with van der Waals surface area (Å²) in [6.07, 6.45) is 9.70. The van der Waals surface area contributed by atoms with Crippen molar-refractivity contribution in [3.8, 4) is 0 Å². The third kappa shape index (κ3) is 3.59. The van der Waals surface area contributed by atoms with Crippen LogP contribution in [0.2, 0.25) is 0 Å². The zero-order chi connectivity index (χ0) is 12.6. The van der Waals surface area contributed by atoms with E-state index in [9.17, 15) is 5.21 Å². The number of benzene rings is 1. The maximum Gasteiger partial charge on any atom is 0.0645 e. The highest BCUT2D eigenvalue weighted by atomic mass is 16.4. The molecule has 0 amide bonds. The van der Waals surface area contributed by atoms with E-state index in [1.54, 1.807) is 0 Å². The van der Waals surface area contributed by atoms with Crippen LogP contribution in [0.15, 0.2) is 35.5 Å². The Kier molecular flexibility index (Phi) is 5.25. The van der Waals surface area contributed by atoms with Gasteiger partial charge in [0.15, 0.2) is 0 Å². The first kappa shape index (κ1) is 13.1. The summed E-state index contributed by atoms with van der Waals surface area (Å²) in [5.41, 5.74) is 2.27. The van der Waals surface area contributed by atoms with Gasteiger partial charge in [-0.25, -0.2) is 0 Å². The van der Waals surface area contributed by atoms with Crippen LogP contribution >= 0.6 is 0 Å². The first-order valence-corrected chi connectivity index (χ1v) is 7.17. The molecular formula is C16H23NO. The average Bonchev–Trinajstić information content (AvgIpc) is 2.44. The minimum atomic E-state index is 0.314. The van der Waals surface area contributed by atoms with Crippen LogP contribution < -0.4 is 0 Å². The molecule has 0 aromatic heterocycles. The number of rotatable bonds is 1. The fourth-order valence-corrected chi connectivity index (χ4v) is 2.87. The van der Waals surface area contributed by atoms with Crippen molar-refractivity contribution >= 4 is 5.71 Å². The van der Waals surface area contributed by atoms with Crippen molar-refractivity contribution < 1.29 is 5.21 Å². The Morgan fingerprint density at radius 3 is 2.28 bits per heavy atom. The fourth-order valence-electron chi connectivity index (χ4n) is 2.87. The number of hydrogen-bond acceptors (Lipinski definition) is 2. The van der Waals surface area contributed by atoms with Crippen molar-refractivity contribution in [1.82, 2.24) is 0 Å².